The van der Waals surface area contributed by atoms with Gasteiger partial charge < -0.3 is 5.73 Å². The zero-order chi connectivity index (χ0) is 15.8. The molecule has 0 fully saturated rings. The van der Waals surface area contributed by atoms with Crippen LogP contribution in [0.5, 0.6) is 0 Å². The molecule has 0 aliphatic carbocycles. The Hall–Kier alpha value is -1.81. The van der Waals surface area contributed by atoms with Crippen molar-refractivity contribution in [2.75, 3.05) is 0 Å². The van der Waals surface area contributed by atoms with Crippen molar-refractivity contribution in [1.29, 1.82) is 0 Å². The molecule has 0 heterocycles. The predicted octanol–water partition coefficient (Wildman–Crippen LogP) is 4.45. The van der Waals surface area contributed by atoms with E-state index in [1.165, 1.54) is 6.07 Å². The fourth-order valence-corrected chi connectivity index (χ4v) is 2.40. The van der Waals surface area contributed by atoms with Gasteiger partial charge in [-0.15, -0.1) is 0 Å². The molecule has 21 heavy (non-hydrogen) atoms. The van der Waals surface area contributed by atoms with E-state index in [-0.39, 0.29) is 11.0 Å². The Morgan fingerprint density at radius 2 is 1.48 bits per heavy atom. The standard InChI is InChI=1S/C17H18F3N/c1-17(2,3)12-7-5-4-6-10(12)16(21)11-8-9-13(18)15(20)14(11)19/h4-9,16H,21H2,1-3H3. The molecule has 0 bridgehead atoms. The first-order valence-electron chi connectivity index (χ1n) is 6.72. The minimum Gasteiger partial charge on any atom is -0.320 e. The maximum absolute atomic E-state index is 13.9. The molecule has 1 unspecified atom stereocenters. The smallest absolute Gasteiger partial charge is 0.194 e. The van der Waals surface area contributed by atoms with E-state index in [1.54, 1.807) is 12.1 Å². The molecule has 1 atom stereocenters. The number of benzene rings is 2. The van der Waals surface area contributed by atoms with Gasteiger partial charge in [0.2, 0.25) is 0 Å². The van der Waals surface area contributed by atoms with Crippen LogP contribution in [0.15, 0.2) is 36.4 Å². The molecule has 4 heteroatoms. The molecule has 2 N–H and O–H groups in total. The highest BCUT2D eigenvalue weighted by Crippen LogP contribution is 2.32. The van der Waals surface area contributed by atoms with Crippen molar-refractivity contribution in [2.24, 2.45) is 5.73 Å². The summed E-state index contributed by atoms with van der Waals surface area (Å²) in [5.74, 6) is -3.94. The van der Waals surface area contributed by atoms with Crippen molar-refractivity contribution < 1.29 is 13.2 Å². The van der Waals surface area contributed by atoms with Gasteiger partial charge in [0.05, 0.1) is 6.04 Å². The number of hydrogen-bond donors (Lipinski definition) is 1. The Morgan fingerprint density at radius 3 is 2.10 bits per heavy atom. The summed E-state index contributed by atoms with van der Waals surface area (Å²) < 4.78 is 40.4. The first kappa shape index (κ1) is 15.6. The summed E-state index contributed by atoms with van der Waals surface area (Å²) in [4.78, 5) is 0. The molecule has 2 aromatic carbocycles. The van der Waals surface area contributed by atoms with Crippen LogP contribution < -0.4 is 5.73 Å². The van der Waals surface area contributed by atoms with Gasteiger partial charge in [-0.1, -0.05) is 51.1 Å². The van der Waals surface area contributed by atoms with Gasteiger partial charge in [0.15, 0.2) is 17.5 Å². The Bertz CT molecular complexity index is 660. The van der Waals surface area contributed by atoms with Gasteiger partial charge in [-0.2, -0.15) is 0 Å². The van der Waals surface area contributed by atoms with Gasteiger partial charge in [0.1, 0.15) is 0 Å². The molecule has 0 saturated carbocycles. The molecular weight excluding hydrogens is 275 g/mol. The molecule has 0 radical (unpaired) electrons. The molecule has 0 amide bonds. The molecule has 0 aliphatic heterocycles. The molecule has 2 aromatic rings. The lowest BCUT2D eigenvalue weighted by Gasteiger charge is -2.26. The summed E-state index contributed by atoms with van der Waals surface area (Å²) in [6, 6.07) is 8.60. The zero-order valence-corrected chi connectivity index (χ0v) is 12.3. The first-order valence-corrected chi connectivity index (χ1v) is 6.72. The van der Waals surface area contributed by atoms with E-state index >= 15 is 0 Å². The van der Waals surface area contributed by atoms with Crippen LogP contribution in [0.4, 0.5) is 13.2 Å². The third-order valence-corrected chi connectivity index (χ3v) is 3.50. The SMILES string of the molecule is CC(C)(C)c1ccccc1C(N)c1ccc(F)c(F)c1F. The first-order chi connectivity index (χ1) is 9.73. The molecule has 1 nitrogen and oxygen atoms in total. The lowest BCUT2D eigenvalue weighted by atomic mass is 9.80. The maximum atomic E-state index is 13.9. The summed E-state index contributed by atoms with van der Waals surface area (Å²) in [6.07, 6.45) is 0. The van der Waals surface area contributed by atoms with E-state index in [9.17, 15) is 13.2 Å². The second-order valence-electron chi connectivity index (χ2n) is 6.08. The van der Waals surface area contributed by atoms with Gasteiger partial charge in [-0.05, 0) is 22.6 Å². The third-order valence-electron chi connectivity index (χ3n) is 3.50. The summed E-state index contributed by atoms with van der Waals surface area (Å²) >= 11 is 0. The van der Waals surface area contributed by atoms with E-state index in [2.05, 4.69) is 0 Å². The van der Waals surface area contributed by atoms with Crippen LogP contribution in [0.1, 0.15) is 43.5 Å². The second-order valence-corrected chi connectivity index (χ2v) is 6.08. The van der Waals surface area contributed by atoms with Crippen molar-refractivity contribution in [3.8, 4) is 0 Å². The topological polar surface area (TPSA) is 26.0 Å². The van der Waals surface area contributed by atoms with Gasteiger partial charge in [-0.25, -0.2) is 13.2 Å². The summed E-state index contributed by atoms with van der Waals surface area (Å²) in [5, 5.41) is 0. The summed E-state index contributed by atoms with van der Waals surface area (Å²) in [7, 11) is 0. The molecule has 2 rings (SSSR count). The van der Waals surface area contributed by atoms with Crippen molar-refractivity contribution >= 4 is 0 Å². The monoisotopic (exact) mass is 293 g/mol. The molecule has 0 aliphatic rings. The lowest BCUT2D eigenvalue weighted by molar-refractivity contribution is 0.438. The van der Waals surface area contributed by atoms with Crippen molar-refractivity contribution in [2.45, 2.75) is 32.2 Å². The molecule has 0 aromatic heterocycles. The van der Waals surface area contributed by atoms with Crippen molar-refractivity contribution in [1.82, 2.24) is 0 Å². The average molecular weight is 293 g/mol. The zero-order valence-electron chi connectivity index (χ0n) is 12.3. The molecule has 0 saturated heterocycles. The normalized spacial score (nSPS) is 13.3. The van der Waals surface area contributed by atoms with Crippen LogP contribution in [0.3, 0.4) is 0 Å². The number of halogens is 3. The van der Waals surface area contributed by atoms with Gasteiger partial charge in [0, 0.05) is 5.56 Å². The predicted molar refractivity (Wildman–Crippen MR) is 77.5 cm³/mol. The van der Waals surface area contributed by atoms with Gasteiger partial charge in [0.25, 0.3) is 0 Å². The Kier molecular flexibility index (Phi) is 4.10. The highest BCUT2D eigenvalue weighted by atomic mass is 19.2. The highest BCUT2D eigenvalue weighted by Gasteiger charge is 2.25. The summed E-state index contributed by atoms with van der Waals surface area (Å²) in [5.41, 5.74) is 7.51. The van der Waals surface area contributed by atoms with E-state index in [0.29, 0.717) is 5.56 Å². The molecule has 112 valence electrons. The van der Waals surface area contributed by atoms with Crippen LogP contribution in [-0.2, 0) is 5.41 Å². The van der Waals surface area contributed by atoms with E-state index in [4.69, 9.17) is 5.73 Å². The van der Waals surface area contributed by atoms with Crippen molar-refractivity contribution in [3.05, 3.63) is 70.5 Å². The van der Waals surface area contributed by atoms with Crippen LogP contribution in [0.2, 0.25) is 0 Å². The van der Waals surface area contributed by atoms with Crippen LogP contribution in [-0.4, -0.2) is 0 Å². The summed E-state index contributed by atoms with van der Waals surface area (Å²) in [6.45, 7) is 6.04. The van der Waals surface area contributed by atoms with E-state index in [1.807, 2.05) is 32.9 Å². The van der Waals surface area contributed by atoms with Crippen molar-refractivity contribution in [3.63, 3.8) is 0 Å². The number of hydrogen-bond acceptors (Lipinski definition) is 1. The van der Waals surface area contributed by atoms with Crippen LogP contribution in [0.25, 0.3) is 0 Å². The highest BCUT2D eigenvalue weighted by molar-refractivity contribution is 5.41. The van der Waals surface area contributed by atoms with Gasteiger partial charge in [-0.3, -0.25) is 0 Å². The fourth-order valence-electron chi connectivity index (χ4n) is 2.40. The third kappa shape index (κ3) is 2.95. The van der Waals surface area contributed by atoms with E-state index in [0.717, 1.165) is 11.6 Å². The quantitative estimate of drug-likeness (QED) is 0.813. The minimum absolute atomic E-state index is 0.0504. The lowest BCUT2D eigenvalue weighted by Crippen LogP contribution is -2.21. The second kappa shape index (κ2) is 5.53. The Labute approximate surface area is 122 Å². The maximum Gasteiger partial charge on any atom is 0.194 e. The number of rotatable bonds is 2. The van der Waals surface area contributed by atoms with Crippen LogP contribution >= 0.6 is 0 Å². The fraction of sp³-hybridized carbons (Fsp3) is 0.294. The number of nitrogens with two attached hydrogens (primary N) is 1. The van der Waals surface area contributed by atoms with E-state index < -0.39 is 23.5 Å². The van der Waals surface area contributed by atoms with Gasteiger partial charge >= 0.3 is 0 Å². The molecule has 0 spiro atoms. The molecular formula is C17H18F3N. The Balaban J connectivity index is 2.56. The van der Waals surface area contributed by atoms with Crippen LogP contribution in [0, 0.1) is 17.5 Å². The average Bonchev–Trinajstić information content (AvgIpc) is 2.43. The largest absolute Gasteiger partial charge is 0.320 e. The Morgan fingerprint density at radius 1 is 0.857 bits per heavy atom. The minimum atomic E-state index is -1.49.